The molecular weight excluding hydrogens is 231 g/mol. The van der Waals surface area contributed by atoms with Crippen LogP contribution < -0.4 is 0 Å². The molecule has 94 valence electrons. The van der Waals surface area contributed by atoms with Gasteiger partial charge in [0.05, 0.1) is 23.2 Å². The Balaban J connectivity index is 2.49. The van der Waals surface area contributed by atoms with Gasteiger partial charge in [-0.25, -0.2) is 0 Å². The number of aromatic nitrogens is 2. The second-order valence-electron chi connectivity index (χ2n) is 4.59. The van der Waals surface area contributed by atoms with Crippen molar-refractivity contribution in [3.63, 3.8) is 0 Å². The molecule has 0 aliphatic rings. The maximum Gasteiger partial charge on any atom is 0.419 e. The van der Waals surface area contributed by atoms with Gasteiger partial charge < -0.3 is 0 Å². The number of alkyl halides is 3. The zero-order valence-corrected chi connectivity index (χ0v) is 9.75. The molecule has 1 heterocycles. The Morgan fingerprint density at radius 2 is 2.06 bits per heavy atom. The molecular formula is C11H14F3N3. The molecule has 0 aliphatic heterocycles. The van der Waals surface area contributed by atoms with Crippen LogP contribution in [-0.2, 0) is 12.7 Å². The van der Waals surface area contributed by atoms with Crippen molar-refractivity contribution in [1.29, 1.82) is 5.26 Å². The van der Waals surface area contributed by atoms with Gasteiger partial charge >= 0.3 is 6.18 Å². The Hall–Kier alpha value is -1.51. The third kappa shape index (κ3) is 4.10. The monoisotopic (exact) mass is 245 g/mol. The molecule has 0 spiro atoms. The first-order chi connectivity index (χ1) is 7.74. The number of hydrogen-bond donors (Lipinski definition) is 0. The summed E-state index contributed by atoms with van der Waals surface area (Å²) in [7, 11) is 0. The maximum atomic E-state index is 12.3. The standard InChI is InChI=1S/C11H14F3N3/c1-10(2,8-15)4-3-5-17-7-9(6-16-17)11(12,13)14/h6-7H,3-5H2,1-2H3. The highest BCUT2D eigenvalue weighted by Gasteiger charge is 2.32. The summed E-state index contributed by atoms with van der Waals surface area (Å²) in [4.78, 5) is 0. The fourth-order valence-corrected chi connectivity index (χ4v) is 1.37. The number of rotatable bonds is 4. The molecule has 1 aromatic heterocycles. The van der Waals surface area contributed by atoms with E-state index in [2.05, 4.69) is 11.2 Å². The topological polar surface area (TPSA) is 41.6 Å². The van der Waals surface area contributed by atoms with Crippen molar-refractivity contribution in [1.82, 2.24) is 9.78 Å². The van der Waals surface area contributed by atoms with Crippen LogP contribution in [0.4, 0.5) is 13.2 Å². The fourth-order valence-electron chi connectivity index (χ4n) is 1.37. The summed E-state index contributed by atoms with van der Waals surface area (Å²) >= 11 is 0. The predicted octanol–water partition coefficient (Wildman–Crippen LogP) is 3.23. The molecule has 0 atom stereocenters. The average molecular weight is 245 g/mol. The van der Waals surface area contributed by atoms with Crippen LogP contribution in [0.3, 0.4) is 0 Å². The molecule has 0 unspecified atom stereocenters. The molecule has 0 aliphatic carbocycles. The largest absolute Gasteiger partial charge is 0.419 e. The van der Waals surface area contributed by atoms with E-state index in [1.807, 2.05) is 0 Å². The quantitative estimate of drug-likeness (QED) is 0.817. The normalized spacial score (nSPS) is 12.5. The summed E-state index contributed by atoms with van der Waals surface area (Å²) < 4.78 is 38.1. The van der Waals surface area contributed by atoms with Crippen LogP contribution in [0, 0.1) is 16.7 Å². The Bertz CT molecular complexity index is 412. The lowest BCUT2D eigenvalue weighted by Gasteiger charge is -2.14. The first-order valence-corrected chi connectivity index (χ1v) is 5.25. The predicted molar refractivity (Wildman–Crippen MR) is 55.9 cm³/mol. The highest BCUT2D eigenvalue weighted by Crippen LogP contribution is 2.28. The molecule has 0 N–H and O–H groups in total. The minimum atomic E-state index is -4.34. The molecule has 1 rings (SSSR count). The Morgan fingerprint density at radius 3 is 2.53 bits per heavy atom. The van der Waals surface area contributed by atoms with Crippen molar-refractivity contribution in [2.24, 2.45) is 5.41 Å². The van der Waals surface area contributed by atoms with E-state index in [1.54, 1.807) is 13.8 Å². The van der Waals surface area contributed by atoms with Crippen LogP contribution in [0.5, 0.6) is 0 Å². The van der Waals surface area contributed by atoms with Crippen molar-refractivity contribution in [3.8, 4) is 6.07 Å². The van der Waals surface area contributed by atoms with Gasteiger partial charge in [-0.2, -0.15) is 23.5 Å². The van der Waals surface area contributed by atoms with E-state index in [9.17, 15) is 13.2 Å². The number of nitriles is 1. The van der Waals surface area contributed by atoms with Crippen LogP contribution >= 0.6 is 0 Å². The van der Waals surface area contributed by atoms with Gasteiger partial charge in [-0.05, 0) is 26.7 Å². The summed E-state index contributed by atoms with van der Waals surface area (Å²) in [6.45, 7) is 4.00. The number of nitrogens with zero attached hydrogens (tertiary/aromatic N) is 3. The van der Waals surface area contributed by atoms with Gasteiger partial charge in [0.15, 0.2) is 0 Å². The molecule has 0 saturated heterocycles. The molecule has 0 bridgehead atoms. The zero-order valence-electron chi connectivity index (χ0n) is 9.75. The molecule has 17 heavy (non-hydrogen) atoms. The van der Waals surface area contributed by atoms with Gasteiger partial charge in [0.2, 0.25) is 0 Å². The Labute approximate surface area is 97.8 Å². The highest BCUT2D eigenvalue weighted by atomic mass is 19.4. The van der Waals surface area contributed by atoms with Gasteiger partial charge in [-0.1, -0.05) is 0 Å². The lowest BCUT2D eigenvalue weighted by Crippen LogP contribution is -2.10. The Kier molecular flexibility index (Phi) is 3.81. The van der Waals surface area contributed by atoms with E-state index >= 15 is 0 Å². The molecule has 0 aromatic carbocycles. The lowest BCUT2D eigenvalue weighted by atomic mass is 9.90. The van der Waals surface area contributed by atoms with E-state index in [1.165, 1.54) is 4.68 Å². The summed E-state index contributed by atoms with van der Waals surface area (Å²) in [5, 5.41) is 12.4. The molecule has 0 amide bonds. The van der Waals surface area contributed by atoms with Gasteiger partial charge in [0, 0.05) is 12.7 Å². The average Bonchev–Trinajstić information content (AvgIpc) is 2.66. The minimum absolute atomic E-state index is 0.390. The van der Waals surface area contributed by atoms with E-state index < -0.39 is 17.2 Å². The molecule has 6 heteroatoms. The zero-order chi connectivity index (χ0) is 13.1. The van der Waals surface area contributed by atoms with Crippen LogP contribution in [-0.4, -0.2) is 9.78 Å². The first-order valence-electron chi connectivity index (χ1n) is 5.25. The van der Waals surface area contributed by atoms with E-state index in [4.69, 9.17) is 5.26 Å². The van der Waals surface area contributed by atoms with E-state index in [0.29, 0.717) is 19.4 Å². The smallest absolute Gasteiger partial charge is 0.272 e. The van der Waals surface area contributed by atoms with Crippen LogP contribution in [0.1, 0.15) is 32.3 Å². The number of aryl methyl sites for hydroxylation is 1. The molecule has 1 aromatic rings. The van der Waals surface area contributed by atoms with Crippen LogP contribution in [0.15, 0.2) is 12.4 Å². The van der Waals surface area contributed by atoms with Crippen molar-refractivity contribution in [2.45, 2.75) is 39.4 Å². The molecule has 0 fully saturated rings. The van der Waals surface area contributed by atoms with Crippen molar-refractivity contribution in [3.05, 3.63) is 18.0 Å². The van der Waals surface area contributed by atoms with Gasteiger partial charge in [-0.3, -0.25) is 4.68 Å². The third-order valence-corrected chi connectivity index (χ3v) is 2.45. The van der Waals surface area contributed by atoms with E-state index in [-0.39, 0.29) is 0 Å². The third-order valence-electron chi connectivity index (χ3n) is 2.45. The lowest BCUT2D eigenvalue weighted by molar-refractivity contribution is -0.137. The first kappa shape index (κ1) is 13.6. The SMILES string of the molecule is CC(C)(C#N)CCCn1cc(C(F)(F)F)cn1. The van der Waals surface area contributed by atoms with Crippen LogP contribution in [0.25, 0.3) is 0 Å². The van der Waals surface area contributed by atoms with Crippen molar-refractivity contribution >= 4 is 0 Å². The van der Waals surface area contributed by atoms with Crippen LogP contribution in [0.2, 0.25) is 0 Å². The minimum Gasteiger partial charge on any atom is -0.272 e. The highest BCUT2D eigenvalue weighted by molar-refractivity contribution is 5.08. The molecule has 0 radical (unpaired) electrons. The van der Waals surface area contributed by atoms with Crippen molar-refractivity contribution in [2.75, 3.05) is 0 Å². The van der Waals surface area contributed by atoms with Gasteiger partial charge in [-0.15, -0.1) is 0 Å². The second kappa shape index (κ2) is 4.78. The second-order valence-corrected chi connectivity index (χ2v) is 4.59. The summed E-state index contributed by atoms with van der Waals surface area (Å²) in [6.07, 6.45) is -1.29. The number of halogens is 3. The molecule has 0 saturated carbocycles. The van der Waals surface area contributed by atoms with Gasteiger partial charge in [0.25, 0.3) is 0 Å². The summed E-state index contributed by atoms with van der Waals surface area (Å²) in [5.41, 5.74) is -1.18. The summed E-state index contributed by atoms with van der Waals surface area (Å²) in [6, 6.07) is 2.15. The Morgan fingerprint density at radius 1 is 1.41 bits per heavy atom. The summed E-state index contributed by atoms with van der Waals surface area (Å²) in [5.74, 6) is 0. The fraction of sp³-hybridized carbons (Fsp3) is 0.636. The number of hydrogen-bond acceptors (Lipinski definition) is 2. The van der Waals surface area contributed by atoms with Crippen molar-refractivity contribution < 1.29 is 13.2 Å². The maximum absolute atomic E-state index is 12.3. The van der Waals surface area contributed by atoms with Gasteiger partial charge in [0.1, 0.15) is 0 Å². The van der Waals surface area contributed by atoms with E-state index in [0.717, 1.165) is 12.4 Å². The molecule has 3 nitrogen and oxygen atoms in total.